The van der Waals surface area contributed by atoms with Gasteiger partial charge in [0.2, 0.25) is 5.91 Å². The van der Waals surface area contributed by atoms with Gasteiger partial charge in [-0.3, -0.25) is 4.79 Å². The third-order valence-corrected chi connectivity index (χ3v) is 2.64. The van der Waals surface area contributed by atoms with E-state index in [2.05, 4.69) is 24.5 Å². The number of amides is 1. The van der Waals surface area contributed by atoms with Crippen molar-refractivity contribution >= 4 is 11.6 Å². The Morgan fingerprint density at radius 1 is 1.37 bits per heavy atom. The van der Waals surface area contributed by atoms with E-state index in [0.717, 1.165) is 24.4 Å². The molecule has 19 heavy (non-hydrogen) atoms. The smallest absolute Gasteiger partial charge is 0.239 e. The highest BCUT2D eigenvalue weighted by Crippen LogP contribution is 2.16. The van der Waals surface area contributed by atoms with Gasteiger partial charge in [-0.05, 0) is 31.4 Å². The van der Waals surface area contributed by atoms with E-state index in [1.54, 1.807) is 0 Å². The third kappa shape index (κ3) is 6.70. The van der Waals surface area contributed by atoms with E-state index in [1.807, 2.05) is 31.2 Å². The molecule has 0 fully saturated rings. The Hall–Kier alpha value is -1.71. The molecule has 0 saturated carbocycles. The van der Waals surface area contributed by atoms with Gasteiger partial charge in [0, 0.05) is 18.3 Å². The van der Waals surface area contributed by atoms with Gasteiger partial charge in [0.05, 0.1) is 13.2 Å². The second-order valence-electron chi connectivity index (χ2n) is 4.85. The van der Waals surface area contributed by atoms with E-state index in [1.165, 1.54) is 0 Å². The maximum absolute atomic E-state index is 11.6. The minimum absolute atomic E-state index is 0.0162. The molecule has 0 bridgehead atoms. The SMILES string of the molecule is CCOc1cccc(NCC(=O)NCCC(C)C)c1. The van der Waals surface area contributed by atoms with Crippen molar-refractivity contribution in [2.75, 3.05) is 25.0 Å². The monoisotopic (exact) mass is 264 g/mol. The fraction of sp³-hybridized carbons (Fsp3) is 0.533. The summed E-state index contributed by atoms with van der Waals surface area (Å²) < 4.78 is 5.40. The van der Waals surface area contributed by atoms with Crippen LogP contribution >= 0.6 is 0 Å². The van der Waals surface area contributed by atoms with Crippen molar-refractivity contribution in [3.05, 3.63) is 24.3 Å². The standard InChI is InChI=1S/C15H24N2O2/c1-4-19-14-7-5-6-13(10-14)17-11-15(18)16-9-8-12(2)3/h5-7,10,12,17H,4,8-9,11H2,1-3H3,(H,16,18). The van der Waals surface area contributed by atoms with E-state index in [4.69, 9.17) is 4.74 Å². The van der Waals surface area contributed by atoms with E-state index in [9.17, 15) is 4.79 Å². The highest BCUT2D eigenvalue weighted by Gasteiger charge is 2.02. The molecule has 0 radical (unpaired) electrons. The largest absolute Gasteiger partial charge is 0.494 e. The molecular formula is C15H24N2O2. The van der Waals surface area contributed by atoms with Crippen LogP contribution in [0.3, 0.4) is 0 Å². The van der Waals surface area contributed by atoms with Crippen LogP contribution in [0, 0.1) is 5.92 Å². The van der Waals surface area contributed by atoms with E-state index in [0.29, 0.717) is 12.5 Å². The summed E-state index contributed by atoms with van der Waals surface area (Å²) in [7, 11) is 0. The molecule has 0 aliphatic heterocycles. The summed E-state index contributed by atoms with van der Waals surface area (Å²) in [5.74, 6) is 1.44. The molecule has 0 saturated heterocycles. The zero-order valence-corrected chi connectivity index (χ0v) is 12.0. The van der Waals surface area contributed by atoms with Crippen LogP contribution < -0.4 is 15.4 Å². The van der Waals surface area contributed by atoms with Gasteiger partial charge in [-0.25, -0.2) is 0 Å². The molecule has 0 atom stereocenters. The summed E-state index contributed by atoms with van der Waals surface area (Å²) in [6.07, 6.45) is 1.01. The van der Waals surface area contributed by atoms with Crippen LogP contribution in [0.1, 0.15) is 27.2 Å². The number of carbonyl (C=O) groups excluding carboxylic acids is 1. The molecule has 106 valence electrons. The van der Waals surface area contributed by atoms with Crippen molar-refractivity contribution in [1.82, 2.24) is 5.32 Å². The highest BCUT2D eigenvalue weighted by atomic mass is 16.5. The van der Waals surface area contributed by atoms with Gasteiger partial charge in [0.1, 0.15) is 5.75 Å². The van der Waals surface area contributed by atoms with Gasteiger partial charge in [0.15, 0.2) is 0 Å². The lowest BCUT2D eigenvalue weighted by molar-refractivity contribution is -0.119. The molecule has 0 aliphatic rings. The van der Waals surface area contributed by atoms with Crippen molar-refractivity contribution < 1.29 is 9.53 Å². The van der Waals surface area contributed by atoms with Crippen LogP contribution in [0.4, 0.5) is 5.69 Å². The zero-order chi connectivity index (χ0) is 14.1. The first-order chi connectivity index (χ1) is 9.11. The van der Waals surface area contributed by atoms with Crippen molar-refractivity contribution in [3.63, 3.8) is 0 Å². The fourth-order valence-corrected chi connectivity index (χ4v) is 1.61. The van der Waals surface area contributed by atoms with Gasteiger partial charge in [0.25, 0.3) is 0 Å². The molecule has 1 rings (SSSR count). The predicted molar refractivity (Wildman–Crippen MR) is 78.6 cm³/mol. The Bertz CT molecular complexity index is 391. The minimum atomic E-state index is 0.0162. The Morgan fingerprint density at radius 3 is 2.84 bits per heavy atom. The van der Waals surface area contributed by atoms with Gasteiger partial charge in [-0.1, -0.05) is 19.9 Å². The second-order valence-corrected chi connectivity index (χ2v) is 4.85. The van der Waals surface area contributed by atoms with Gasteiger partial charge in [-0.2, -0.15) is 0 Å². The van der Waals surface area contributed by atoms with Crippen molar-refractivity contribution in [2.24, 2.45) is 5.92 Å². The lowest BCUT2D eigenvalue weighted by Gasteiger charge is -2.10. The number of ether oxygens (including phenoxy) is 1. The van der Waals surface area contributed by atoms with Gasteiger partial charge in [-0.15, -0.1) is 0 Å². The molecule has 1 amide bonds. The number of anilines is 1. The number of hydrogen-bond donors (Lipinski definition) is 2. The maximum Gasteiger partial charge on any atom is 0.239 e. The Labute approximate surface area is 115 Å². The lowest BCUT2D eigenvalue weighted by Crippen LogP contribution is -2.31. The summed E-state index contributed by atoms with van der Waals surface area (Å²) in [6, 6.07) is 7.62. The van der Waals surface area contributed by atoms with Gasteiger partial charge >= 0.3 is 0 Å². The summed E-state index contributed by atoms with van der Waals surface area (Å²) in [6.45, 7) is 7.89. The van der Waals surface area contributed by atoms with E-state index >= 15 is 0 Å². The van der Waals surface area contributed by atoms with Crippen LogP contribution in [0.5, 0.6) is 5.75 Å². The number of rotatable bonds is 8. The maximum atomic E-state index is 11.6. The number of benzene rings is 1. The topological polar surface area (TPSA) is 50.4 Å². The molecule has 0 spiro atoms. The summed E-state index contributed by atoms with van der Waals surface area (Å²) in [5.41, 5.74) is 0.893. The second kappa shape index (κ2) is 8.40. The number of carbonyl (C=O) groups is 1. The minimum Gasteiger partial charge on any atom is -0.494 e. The molecule has 0 heterocycles. The zero-order valence-electron chi connectivity index (χ0n) is 12.0. The summed E-state index contributed by atoms with van der Waals surface area (Å²) >= 11 is 0. The molecule has 1 aromatic rings. The van der Waals surface area contributed by atoms with Crippen LogP contribution in [-0.4, -0.2) is 25.6 Å². The summed E-state index contributed by atoms with van der Waals surface area (Å²) in [5, 5.41) is 5.98. The average molecular weight is 264 g/mol. The fourth-order valence-electron chi connectivity index (χ4n) is 1.61. The van der Waals surface area contributed by atoms with E-state index in [-0.39, 0.29) is 12.5 Å². The first kappa shape index (κ1) is 15.3. The number of nitrogens with one attached hydrogen (secondary N) is 2. The molecule has 0 unspecified atom stereocenters. The molecule has 2 N–H and O–H groups in total. The van der Waals surface area contributed by atoms with Gasteiger partial charge < -0.3 is 15.4 Å². The molecule has 4 nitrogen and oxygen atoms in total. The molecular weight excluding hydrogens is 240 g/mol. The van der Waals surface area contributed by atoms with Crippen molar-refractivity contribution in [3.8, 4) is 5.75 Å². The normalized spacial score (nSPS) is 10.3. The highest BCUT2D eigenvalue weighted by molar-refractivity contribution is 5.80. The molecule has 0 aromatic heterocycles. The van der Waals surface area contributed by atoms with Crippen molar-refractivity contribution in [1.29, 1.82) is 0 Å². The Balaban J connectivity index is 2.31. The molecule has 4 heteroatoms. The number of hydrogen-bond acceptors (Lipinski definition) is 3. The lowest BCUT2D eigenvalue weighted by atomic mass is 10.1. The average Bonchev–Trinajstić information content (AvgIpc) is 2.37. The third-order valence-electron chi connectivity index (χ3n) is 2.64. The van der Waals surface area contributed by atoms with Crippen LogP contribution in [-0.2, 0) is 4.79 Å². The van der Waals surface area contributed by atoms with Crippen molar-refractivity contribution in [2.45, 2.75) is 27.2 Å². The summed E-state index contributed by atoms with van der Waals surface area (Å²) in [4.78, 5) is 11.6. The Morgan fingerprint density at radius 2 is 2.16 bits per heavy atom. The molecule has 0 aliphatic carbocycles. The first-order valence-corrected chi connectivity index (χ1v) is 6.85. The molecule has 1 aromatic carbocycles. The quantitative estimate of drug-likeness (QED) is 0.759. The van der Waals surface area contributed by atoms with E-state index < -0.39 is 0 Å². The predicted octanol–water partition coefficient (Wildman–Crippen LogP) is 2.66. The Kier molecular flexibility index (Phi) is 6.79. The first-order valence-electron chi connectivity index (χ1n) is 6.85. The van der Waals surface area contributed by atoms with Crippen LogP contribution in [0.15, 0.2) is 24.3 Å². The van der Waals surface area contributed by atoms with Crippen LogP contribution in [0.25, 0.3) is 0 Å². The van der Waals surface area contributed by atoms with Crippen LogP contribution in [0.2, 0.25) is 0 Å².